The fourth-order valence-corrected chi connectivity index (χ4v) is 2.20. The zero-order valence-electron chi connectivity index (χ0n) is 11.5. The van der Waals surface area contributed by atoms with Crippen LogP contribution >= 0.6 is 28.1 Å². The van der Waals surface area contributed by atoms with Crippen LogP contribution in [0.5, 0.6) is 5.75 Å². The van der Waals surface area contributed by atoms with Crippen molar-refractivity contribution in [1.29, 1.82) is 0 Å². The van der Waals surface area contributed by atoms with Gasteiger partial charge < -0.3 is 10.1 Å². The van der Waals surface area contributed by atoms with Gasteiger partial charge in [-0.3, -0.25) is 10.1 Å². The van der Waals surface area contributed by atoms with Gasteiger partial charge in [0.25, 0.3) is 5.91 Å². The van der Waals surface area contributed by atoms with Gasteiger partial charge in [-0.25, -0.2) is 4.39 Å². The lowest BCUT2D eigenvalue weighted by Gasteiger charge is -2.10. The quantitative estimate of drug-likeness (QED) is 0.794. The largest absolute Gasteiger partial charge is 0.497 e. The summed E-state index contributed by atoms with van der Waals surface area (Å²) in [5, 5.41) is 5.14. The third kappa shape index (κ3) is 4.25. The zero-order valence-corrected chi connectivity index (χ0v) is 13.9. The summed E-state index contributed by atoms with van der Waals surface area (Å²) in [7, 11) is 1.54. The maximum absolute atomic E-state index is 13.7. The molecule has 0 unspecified atom stereocenters. The van der Waals surface area contributed by atoms with E-state index in [1.807, 2.05) is 0 Å². The van der Waals surface area contributed by atoms with Crippen molar-refractivity contribution in [2.75, 3.05) is 12.4 Å². The minimum atomic E-state index is -0.476. The molecule has 0 spiro atoms. The van der Waals surface area contributed by atoms with Crippen molar-refractivity contribution in [3.8, 4) is 5.75 Å². The number of rotatable bonds is 3. The molecule has 1 amide bonds. The SMILES string of the molecule is COc1ccc(C(=O)NC(=S)Nc2ccc(Br)cc2F)cc1. The number of thiocarbonyl (C=S) groups is 1. The van der Waals surface area contributed by atoms with E-state index in [-0.39, 0.29) is 10.8 Å². The van der Waals surface area contributed by atoms with Crippen LogP contribution < -0.4 is 15.4 Å². The normalized spacial score (nSPS) is 9.95. The van der Waals surface area contributed by atoms with Crippen molar-refractivity contribution in [3.05, 3.63) is 58.3 Å². The van der Waals surface area contributed by atoms with E-state index < -0.39 is 11.7 Å². The second kappa shape index (κ2) is 7.33. The number of hydrogen-bond acceptors (Lipinski definition) is 3. The number of nitrogens with one attached hydrogen (secondary N) is 2. The third-order valence-electron chi connectivity index (χ3n) is 2.76. The number of halogens is 2. The third-order valence-corrected chi connectivity index (χ3v) is 3.46. The van der Waals surface area contributed by atoms with Crippen LogP contribution in [0.3, 0.4) is 0 Å². The van der Waals surface area contributed by atoms with Crippen molar-refractivity contribution in [3.63, 3.8) is 0 Å². The number of amides is 1. The first-order valence-electron chi connectivity index (χ1n) is 6.21. The number of anilines is 1. The van der Waals surface area contributed by atoms with Gasteiger partial charge in [-0.2, -0.15) is 0 Å². The standard InChI is InChI=1S/C15H12BrFN2O2S/c1-21-11-5-2-9(3-6-11)14(20)19-15(22)18-13-7-4-10(16)8-12(13)17/h2-8H,1H3,(H2,18,19,20,22). The van der Waals surface area contributed by atoms with Crippen LogP contribution in [0, 0.1) is 5.82 Å². The molecule has 2 aromatic carbocycles. The van der Waals surface area contributed by atoms with E-state index in [0.29, 0.717) is 15.8 Å². The predicted molar refractivity (Wildman–Crippen MR) is 90.8 cm³/mol. The first-order chi connectivity index (χ1) is 10.5. The van der Waals surface area contributed by atoms with Gasteiger partial charge in [-0.05, 0) is 54.7 Å². The van der Waals surface area contributed by atoms with Gasteiger partial charge in [0.1, 0.15) is 11.6 Å². The summed E-state index contributed by atoms with van der Waals surface area (Å²) in [5.74, 6) is -0.220. The summed E-state index contributed by atoms with van der Waals surface area (Å²) < 4.78 is 19.3. The molecule has 0 fully saturated rings. The molecule has 0 saturated carbocycles. The van der Waals surface area contributed by atoms with Gasteiger partial charge in [0.05, 0.1) is 12.8 Å². The Morgan fingerprint density at radius 3 is 2.50 bits per heavy atom. The summed E-state index contributed by atoms with van der Waals surface area (Å²) in [4.78, 5) is 12.0. The summed E-state index contributed by atoms with van der Waals surface area (Å²) >= 11 is 8.17. The Balaban J connectivity index is 2.00. The molecule has 0 aliphatic carbocycles. The van der Waals surface area contributed by atoms with E-state index >= 15 is 0 Å². The van der Waals surface area contributed by atoms with E-state index in [4.69, 9.17) is 17.0 Å². The highest BCUT2D eigenvalue weighted by Gasteiger charge is 2.10. The van der Waals surface area contributed by atoms with Crippen molar-refractivity contribution in [2.24, 2.45) is 0 Å². The van der Waals surface area contributed by atoms with Gasteiger partial charge in [-0.1, -0.05) is 15.9 Å². The highest BCUT2D eigenvalue weighted by molar-refractivity contribution is 9.10. The maximum atomic E-state index is 13.7. The van der Waals surface area contributed by atoms with Crippen molar-refractivity contribution >= 4 is 44.9 Å². The Kier molecular flexibility index (Phi) is 5.46. The molecule has 0 aliphatic rings. The fourth-order valence-electron chi connectivity index (χ4n) is 1.66. The van der Waals surface area contributed by atoms with Gasteiger partial charge in [0.15, 0.2) is 5.11 Å². The first-order valence-corrected chi connectivity index (χ1v) is 7.41. The smallest absolute Gasteiger partial charge is 0.257 e. The summed E-state index contributed by atoms with van der Waals surface area (Å²) in [6.07, 6.45) is 0. The molecule has 22 heavy (non-hydrogen) atoms. The molecule has 7 heteroatoms. The van der Waals surface area contributed by atoms with Crippen molar-refractivity contribution < 1.29 is 13.9 Å². The van der Waals surface area contributed by atoms with Crippen LogP contribution in [-0.4, -0.2) is 18.1 Å². The highest BCUT2D eigenvalue weighted by atomic mass is 79.9. The predicted octanol–water partition coefficient (Wildman–Crippen LogP) is 3.72. The molecule has 2 aromatic rings. The number of methoxy groups -OCH3 is 1. The highest BCUT2D eigenvalue weighted by Crippen LogP contribution is 2.19. The van der Waals surface area contributed by atoms with Crippen molar-refractivity contribution in [2.45, 2.75) is 0 Å². The average molecular weight is 383 g/mol. The molecule has 0 aromatic heterocycles. The van der Waals surface area contributed by atoms with Gasteiger partial charge in [0.2, 0.25) is 0 Å². The van der Waals surface area contributed by atoms with Gasteiger partial charge in [0, 0.05) is 10.0 Å². The monoisotopic (exact) mass is 382 g/mol. The molecule has 0 radical (unpaired) electrons. The number of benzene rings is 2. The second-order valence-corrected chi connectivity index (χ2v) is 5.58. The summed E-state index contributed by atoms with van der Waals surface area (Å²) in [5.41, 5.74) is 0.601. The number of hydrogen-bond donors (Lipinski definition) is 2. The van der Waals surface area contributed by atoms with Crippen LogP contribution in [-0.2, 0) is 0 Å². The molecule has 0 heterocycles. The Morgan fingerprint density at radius 1 is 1.23 bits per heavy atom. The van der Waals surface area contributed by atoms with Crippen LogP contribution in [0.1, 0.15) is 10.4 Å². The number of ether oxygens (including phenoxy) is 1. The van der Waals surface area contributed by atoms with Crippen LogP contribution in [0.4, 0.5) is 10.1 Å². The molecule has 114 valence electrons. The summed E-state index contributed by atoms with van der Waals surface area (Å²) in [6, 6.07) is 11.0. The molecular weight excluding hydrogens is 371 g/mol. The summed E-state index contributed by atoms with van der Waals surface area (Å²) in [6.45, 7) is 0. The minimum Gasteiger partial charge on any atom is -0.497 e. The Hall–Kier alpha value is -1.99. The molecule has 0 saturated heterocycles. The second-order valence-electron chi connectivity index (χ2n) is 4.26. The lowest BCUT2D eigenvalue weighted by Crippen LogP contribution is -2.34. The molecule has 2 rings (SSSR count). The van der Waals surface area contributed by atoms with E-state index in [1.54, 1.807) is 37.4 Å². The average Bonchev–Trinajstić information content (AvgIpc) is 2.50. The van der Waals surface area contributed by atoms with Crippen molar-refractivity contribution in [1.82, 2.24) is 5.32 Å². The van der Waals surface area contributed by atoms with Crippen LogP contribution in [0.2, 0.25) is 0 Å². The number of carbonyl (C=O) groups excluding carboxylic acids is 1. The molecule has 2 N–H and O–H groups in total. The van der Waals surface area contributed by atoms with Gasteiger partial charge >= 0.3 is 0 Å². The topological polar surface area (TPSA) is 50.4 Å². The van der Waals surface area contributed by atoms with E-state index in [0.717, 1.165) is 0 Å². The zero-order chi connectivity index (χ0) is 16.1. The van der Waals surface area contributed by atoms with Crippen LogP contribution in [0.15, 0.2) is 46.9 Å². The number of carbonyl (C=O) groups is 1. The molecule has 4 nitrogen and oxygen atoms in total. The first kappa shape index (κ1) is 16.4. The Labute approximate surface area is 140 Å². The van der Waals surface area contributed by atoms with E-state index in [1.165, 1.54) is 12.1 Å². The maximum Gasteiger partial charge on any atom is 0.257 e. The minimum absolute atomic E-state index is 0.0158. The fraction of sp³-hybridized carbons (Fsp3) is 0.0667. The molecule has 0 aliphatic heterocycles. The Morgan fingerprint density at radius 2 is 1.91 bits per heavy atom. The lowest BCUT2D eigenvalue weighted by atomic mass is 10.2. The van der Waals surface area contributed by atoms with Gasteiger partial charge in [-0.15, -0.1) is 0 Å². The molecule has 0 atom stereocenters. The van der Waals surface area contributed by atoms with E-state index in [9.17, 15) is 9.18 Å². The molecule has 0 bridgehead atoms. The van der Waals surface area contributed by atoms with E-state index in [2.05, 4.69) is 26.6 Å². The molecular formula is C15H12BrFN2O2S. The lowest BCUT2D eigenvalue weighted by molar-refractivity contribution is 0.0977. The van der Waals surface area contributed by atoms with Crippen LogP contribution in [0.25, 0.3) is 0 Å². The Bertz CT molecular complexity index is 707.